The fourth-order valence-corrected chi connectivity index (χ4v) is 3.14. The molecule has 1 saturated heterocycles. The van der Waals surface area contributed by atoms with Gasteiger partial charge in [0.1, 0.15) is 0 Å². The highest BCUT2D eigenvalue weighted by molar-refractivity contribution is 6.03. The molecule has 0 saturated carbocycles. The third-order valence-electron chi connectivity index (χ3n) is 4.74. The topological polar surface area (TPSA) is 71.4 Å². The minimum atomic E-state index is -0.407. The zero-order valence-corrected chi connectivity index (χ0v) is 15.1. The molecule has 1 N–H and O–H groups in total. The molecule has 1 aromatic carbocycles. The maximum atomic E-state index is 12.5. The van der Waals surface area contributed by atoms with Crippen molar-refractivity contribution in [3.8, 4) is 0 Å². The number of carbonyl (C=O) groups excluding carboxylic acids is 2. The van der Waals surface area contributed by atoms with Crippen LogP contribution in [0.1, 0.15) is 25.8 Å². The van der Waals surface area contributed by atoms with Gasteiger partial charge >= 0.3 is 0 Å². The lowest BCUT2D eigenvalue weighted by Gasteiger charge is -2.17. The van der Waals surface area contributed by atoms with Gasteiger partial charge in [0.15, 0.2) is 0 Å². The fraction of sp³-hybridized carbons (Fsp3) is 0.350. The van der Waals surface area contributed by atoms with Crippen molar-refractivity contribution in [2.24, 2.45) is 5.92 Å². The standard InChI is InChI=1S/C20H23N3O3/c1-3-14-5-8-17(9-6-14)23-12-15(11-19(23)25)20(26)21-16-7-10-18(24)22(4-2)13-16/h5-10,13,15H,3-4,11-12H2,1-2H3,(H,21,26). The van der Waals surface area contributed by atoms with Crippen molar-refractivity contribution in [3.05, 3.63) is 58.5 Å². The lowest BCUT2D eigenvalue weighted by atomic mass is 10.1. The van der Waals surface area contributed by atoms with E-state index in [0.717, 1.165) is 12.1 Å². The van der Waals surface area contributed by atoms with Gasteiger partial charge in [-0.15, -0.1) is 0 Å². The van der Waals surface area contributed by atoms with E-state index in [1.54, 1.807) is 17.2 Å². The van der Waals surface area contributed by atoms with Gasteiger partial charge in [-0.1, -0.05) is 19.1 Å². The highest BCUT2D eigenvalue weighted by Gasteiger charge is 2.35. The molecular weight excluding hydrogens is 330 g/mol. The molecule has 0 spiro atoms. The number of nitrogens with zero attached hydrogens (tertiary/aromatic N) is 2. The SMILES string of the molecule is CCc1ccc(N2CC(C(=O)Nc3ccc(=O)n(CC)c3)CC2=O)cc1. The van der Waals surface area contributed by atoms with E-state index in [1.165, 1.54) is 16.2 Å². The molecule has 2 aromatic rings. The quantitative estimate of drug-likeness (QED) is 0.897. The Morgan fingerprint density at radius 3 is 2.50 bits per heavy atom. The molecule has 0 aliphatic carbocycles. The van der Waals surface area contributed by atoms with Gasteiger partial charge in [-0.25, -0.2) is 0 Å². The van der Waals surface area contributed by atoms with Gasteiger partial charge in [0.05, 0.1) is 11.6 Å². The molecule has 6 nitrogen and oxygen atoms in total. The molecule has 2 heterocycles. The van der Waals surface area contributed by atoms with Crippen molar-refractivity contribution in [2.45, 2.75) is 33.2 Å². The zero-order valence-electron chi connectivity index (χ0n) is 15.1. The molecule has 1 aliphatic rings. The Morgan fingerprint density at radius 1 is 1.12 bits per heavy atom. The van der Waals surface area contributed by atoms with Crippen LogP contribution in [0.4, 0.5) is 11.4 Å². The molecule has 0 bridgehead atoms. The van der Waals surface area contributed by atoms with Crippen molar-refractivity contribution < 1.29 is 9.59 Å². The summed E-state index contributed by atoms with van der Waals surface area (Å²) in [6.07, 6.45) is 2.76. The highest BCUT2D eigenvalue weighted by Crippen LogP contribution is 2.26. The fourth-order valence-electron chi connectivity index (χ4n) is 3.14. The summed E-state index contributed by atoms with van der Waals surface area (Å²) < 4.78 is 1.52. The van der Waals surface area contributed by atoms with Crippen molar-refractivity contribution in [3.63, 3.8) is 0 Å². The van der Waals surface area contributed by atoms with Gasteiger partial charge < -0.3 is 14.8 Å². The van der Waals surface area contributed by atoms with Crippen molar-refractivity contribution in [1.29, 1.82) is 0 Å². The minimum absolute atomic E-state index is 0.0482. The first-order chi connectivity index (χ1) is 12.5. The number of nitrogens with one attached hydrogen (secondary N) is 1. The van der Waals surface area contributed by atoms with E-state index in [-0.39, 0.29) is 23.8 Å². The number of carbonyl (C=O) groups is 2. The van der Waals surface area contributed by atoms with Crippen LogP contribution in [0.15, 0.2) is 47.4 Å². The lowest BCUT2D eigenvalue weighted by molar-refractivity contribution is -0.122. The first-order valence-corrected chi connectivity index (χ1v) is 8.92. The monoisotopic (exact) mass is 353 g/mol. The summed E-state index contributed by atoms with van der Waals surface area (Å²) in [5.74, 6) is -0.657. The van der Waals surface area contributed by atoms with Gasteiger partial charge in [-0.3, -0.25) is 14.4 Å². The third kappa shape index (κ3) is 3.69. The third-order valence-corrected chi connectivity index (χ3v) is 4.74. The molecule has 1 aliphatic heterocycles. The Bertz CT molecular complexity index is 871. The number of aromatic nitrogens is 1. The molecule has 1 fully saturated rings. The highest BCUT2D eigenvalue weighted by atomic mass is 16.2. The normalized spacial score (nSPS) is 16.8. The first-order valence-electron chi connectivity index (χ1n) is 8.92. The van der Waals surface area contributed by atoms with Crippen molar-refractivity contribution in [2.75, 3.05) is 16.8 Å². The van der Waals surface area contributed by atoms with Crippen LogP contribution in [0.2, 0.25) is 0 Å². The van der Waals surface area contributed by atoms with Gasteiger partial charge in [0.25, 0.3) is 5.56 Å². The van der Waals surface area contributed by atoms with Crippen molar-refractivity contribution in [1.82, 2.24) is 4.57 Å². The van der Waals surface area contributed by atoms with E-state index in [0.29, 0.717) is 18.8 Å². The van der Waals surface area contributed by atoms with Gasteiger partial charge in [-0.05, 0) is 37.1 Å². The smallest absolute Gasteiger partial charge is 0.250 e. The molecule has 3 rings (SSSR count). The molecular formula is C20H23N3O3. The van der Waals surface area contributed by atoms with Gasteiger partial charge in [0.2, 0.25) is 11.8 Å². The Kier molecular flexibility index (Phi) is 5.21. The second kappa shape index (κ2) is 7.56. The Balaban J connectivity index is 1.69. The molecule has 0 radical (unpaired) electrons. The van der Waals surface area contributed by atoms with E-state index in [2.05, 4.69) is 12.2 Å². The first kappa shape index (κ1) is 17.9. The average Bonchev–Trinajstić information content (AvgIpc) is 3.05. The van der Waals surface area contributed by atoms with Crippen LogP contribution in [0.5, 0.6) is 0 Å². The second-order valence-corrected chi connectivity index (χ2v) is 6.46. The number of anilines is 2. The van der Waals surface area contributed by atoms with Gasteiger partial charge in [0, 0.05) is 37.5 Å². The number of pyridine rings is 1. The van der Waals surface area contributed by atoms with E-state index in [9.17, 15) is 14.4 Å². The summed E-state index contributed by atoms with van der Waals surface area (Å²) in [7, 11) is 0. The number of amides is 2. The zero-order chi connectivity index (χ0) is 18.7. The summed E-state index contributed by atoms with van der Waals surface area (Å²) in [6, 6.07) is 10.9. The maximum Gasteiger partial charge on any atom is 0.250 e. The largest absolute Gasteiger partial charge is 0.324 e. The lowest BCUT2D eigenvalue weighted by Crippen LogP contribution is -2.28. The molecule has 2 amide bonds. The summed E-state index contributed by atoms with van der Waals surface area (Å²) in [4.78, 5) is 38.2. The van der Waals surface area contributed by atoms with E-state index < -0.39 is 5.92 Å². The second-order valence-electron chi connectivity index (χ2n) is 6.46. The molecule has 136 valence electrons. The molecule has 1 unspecified atom stereocenters. The van der Waals surface area contributed by atoms with Crippen LogP contribution in [0, 0.1) is 5.92 Å². The number of hydrogen-bond acceptors (Lipinski definition) is 3. The van der Waals surface area contributed by atoms with Crippen LogP contribution in [-0.4, -0.2) is 22.9 Å². The predicted molar refractivity (Wildman–Crippen MR) is 101 cm³/mol. The van der Waals surface area contributed by atoms with Crippen LogP contribution < -0.4 is 15.8 Å². The van der Waals surface area contributed by atoms with E-state index in [4.69, 9.17) is 0 Å². The number of rotatable bonds is 5. The summed E-state index contributed by atoms with van der Waals surface area (Å²) in [6.45, 7) is 4.85. The van der Waals surface area contributed by atoms with E-state index >= 15 is 0 Å². The maximum absolute atomic E-state index is 12.5. The molecule has 1 aromatic heterocycles. The predicted octanol–water partition coefficient (Wildman–Crippen LogP) is 2.42. The summed E-state index contributed by atoms with van der Waals surface area (Å²) in [5, 5.41) is 2.82. The average molecular weight is 353 g/mol. The van der Waals surface area contributed by atoms with Crippen LogP contribution in [0.3, 0.4) is 0 Å². The summed E-state index contributed by atoms with van der Waals surface area (Å²) in [5.41, 5.74) is 2.49. The number of benzene rings is 1. The molecule has 1 atom stereocenters. The number of hydrogen-bond donors (Lipinski definition) is 1. The van der Waals surface area contributed by atoms with Crippen LogP contribution in [0.25, 0.3) is 0 Å². The van der Waals surface area contributed by atoms with Crippen LogP contribution >= 0.6 is 0 Å². The Morgan fingerprint density at radius 2 is 1.85 bits per heavy atom. The molecule has 26 heavy (non-hydrogen) atoms. The van der Waals surface area contributed by atoms with Crippen molar-refractivity contribution >= 4 is 23.2 Å². The van der Waals surface area contributed by atoms with Crippen LogP contribution in [-0.2, 0) is 22.6 Å². The summed E-state index contributed by atoms with van der Waals surface area (Å²) >= 11 is 0. The van der Waals surface area contributed by atoms with E-state index in [1.807, 2.05) is 31.2 Å². The Labute approximate surface area is 152 Å². The molecule has 6 heteroatoms. The number of aryl methyl sites for hydroxylation is 2. The Hall–Kier alpha value is -2.89. The van der Waals surface area contributed by atoms with Gasteiger partial charge in [-0.2, -0.15) is 0 Å². The minimum Gasteiger partial charge on any atom is -0.324 e.